The van der Waals surface area contributed by atoms with Crippen molar-refractivity contribution in [2.45, 2.75) is 13.2 Å². The molecule has 0 saturated carbocycles. The summed E-state index contributed by atoms with van der Waals surface area (Å²) in [6.07, 6.45) is 0. The van der Waals surface area contributed by atoms with Crippen molar-refractivity contribution in [3.63, 3.8) is 0 Å². The van der Waals surface area contributed by atoms with Crippen LogP contribution in [0.2, 0.25) is 5.02 Å². The number of aromatic nitrogens is 2. The van der Waals surface area contributed by atoms with Crippen molar-refractivity contribution in [1.82, 2.24) is 9.97 Å². The molecule has 2 N–H and O–H groups in total. The Morgan fingerprint density at radius 3 is 2.67 bits per heavy atom. The molecule has 0 atom stereocenters. The number of rotatable bonds is 6. The smallest absolute Gasteiger partial charge is 0.158 e. The monoisotopic (exact) mass is 310 g/mol. The van der Waals surface area contributed by atoms with Gasteiger partial charge in [0.05, 0.1) is 5.02 Å². The van der Waals surface area contributed by atoms with Crippen LogP contribution in [-0.2, 0) is 17.9 Å². The number of anilines is 2. The van der Waals surface area contributed by atoms with Gasteiger partial charge in [0, 0.05) is 26.8 Å². The summed E-state index contributed by atoms with van der Waals surface area (Å²) >= 11 is 5.75. The van der Waals surface area contributed by atoms with Crippen LogP contribution in [0.4, 0.5) is 16.0 Å². The highest BCUT2D eigenvalue weighted by molar-refractivity contribution is 6.30. The third kappa shape index (κ3) is 4.27. The number of hydrogen-bond donors (Lipinski definition) is 2. The summed E-state index contributed by atoms with van der Waals surface area (Å²) in [6, 6.07) is 6.38. The maximum absolute atomic E-state index is 13.1. The predicted octanol–water partition coefficient (Wildman–Crippen LogP) is 3.07. The molecule has 1 heterocycles. The summed E-state index contributed by atoms with van der Waals surface area (Å²) in [5.74, 6) is 1.49. The van der Waals surface area contributed by atoms with Gasteiger partial charge in [-0.2, -0.15) is 0 Å². The summed E-state index contributed by atoms with van der Waals surface area (Å²) < 4.78 is 18.1. The van der Waals surface area contributed by atoms with Gasteiger partial charge in [-0.1, -0.05) is 17.7 Å². The molecule has 0 aliphatic heterocycles. The predicted molar refractivity (Wildman–Crippen MR) is 81.0 cm³/mol. The average molecular weight is 311 g/mol. The molecule has 112 valence electrons. The highest BCUT2D eigenvalue weighted by Crippen LogP contribution is 2.17. The van der Waals surface area contributed by atoms with Gasteiger partial charge in [0.2, 0.25) is 0 Å². The Labute approximate surface area is 127 Å². The number of halogens is 2. The first-order valence-corrected chi connectivity index (χ1v) is 6.72. The van der Waals surface area contributed by atoms with E-state index in [0.29, 0.717) is 30.6 Å². The zero-order valence-corrected chi connectivity index (χ0v) is 12.5. The van der Waals surface area contributed by atoms with Gasteiger partial charge < -0.3 is 15.4 Å². The molecule has 21 heavy (non-hydrogen) atoms. The van der Waals surface area contributed by atoms with E-state index in [2.05, 4.69) is 20.6 Å². The minimum absolute atomic E-state index is 0.105. The van der Waals surface area contributed by atoms with E-state index >= 15 is 0 Å². The molecule has 0 amide bonds. The van der Waals surface area contributed by atoms with E-state index in [1.165, 1.54) is 6.07 Å². The zero-order chi connectivity index (χ0) is 15.2. The molecular weight excluding hydrogens is 295 g/mol. The highest BCUT2D eigenvalue weighted by atomic mass is 35.5. The summed E-state index contributed by atoms with van der Waals surface area (Å²) in [7, 11) is 3.37. The van der Waals surface area contributed by atoms with E-state index in [4.69, 9.17) is 16.3 Å². The van der Waals surface area contributed by atoms with E-state index in [0.717, 1.165) is 5.56 Å². The van der Waals surface area contributed by atoms with Gasteiger partial charge in [-0.05, 0) is 17.7 Å². The van der Waals surface area contributed by atoms with Crippen molar-refractivity contribution in [2.75, 3.05) is 24.8 Å². The van der Waals surface area contributed by atoms with Crippen molar-refractivity contribution in [2.24, 2.45) is 0 Å². The van der Waals surface area contributed by atoms with Gasteiger partial charge in [-0.15, -0.1) is 0 Å². The number of nitrogens with zero attached hydrogens (tertiary/aromatic N) is 2. The van der Waals surface area contributed by atoms with E-state index in [1.54, 1.807) is 32.4 Å². The topological polar surface area (TPSA) is 59.1 Å². The maximum Gasteiger partial charge on any atom is 0.158 e. The van der Waals surface area contributed by atoms with Gasteiger partial charge in [0.15, 0.2) is 5.82 Å². The van der Waals surface area contributed by atoms with Crippen LogP contribution in [0, 0.1) is 5.82 Å². The first-order chi connectivity index (χ1) is 10.1. The van der Waals surface area contributed by atoms with Crippen molar-refractivity contribution in [3.05, 3.63) is 46.5 Å². The second-order valence-electron chi connectivity index (χ2n) is 4.34. The summed E-state index contributed by atoms with van der Waals surface area (Å²) in [4.78, 5) is 8.60. The van der Waals surface area contributed by atoms with Crippen molar-refractivity contribution in [3.8, 4) is 0 Å². The van der Waals surface area contributed by atoms with Crippen LogP contribution in [0.5, 0.6) is 0 Å². The van der Waals surface area contributed by atoms with E-state index in [9.17, 15) is 4.39 Å². The molecule has 1 aromatic heterocycles. The Kier molecular flexibility index (Phi) is 5.30. The molecule has 0 bridgehead atoms. The molecule has 7 heteroatoms. The van der Waals surface area contributed by atoms with Crippen LogP contribution in [-0.4, -0.2) is 24.1 Å². The van der Waals surface area contributed by atoms with Gasteiger partial charge in [0.1, 0.15) is 24.1 Å². The number of benzene rings is 1. The average Bonchev–Trinajstić information content (AvgIpc) is 2.48. The van der Waals surface area contributed by atoms with Gasteiger partial charge in [0.25, 0.3) is 0 Å². The number of nitrogens with one attached hydrogen (secondary N) is 2. The number of methoxy groups -OCH3 is 1. The molecule has 0 fully saturated rings. The first kappa shape index (κ1) is 15.5. The largest absolute Gasteiger partial charge is 0.377 e. The first-order valence-electron chi connectivity index (χ1n) is 6.35. The fourth-order valence-electron chi connectivity index (χ4n) is 1.75. The van der Waals surface area contributed by atoms with Gasteiger partial charge in [-0.3, -0.25) is 0 Å². The molecule has 0 aliphatic rings. The molecule has 1 aromatic carbocycles. The Bertz CT molecular complexity index is 624. The summed E-state index contributed by atoms with van der Waals surface area (Å²) in [5, 5.41) is 6.22. The lowest BCUT2D eigenvalue weighted by Crippen LogP contribution is -2.07. The van der Waals surface area contributed by atoms with E-state index in [-0.39, 0.29) is 5.02 Å². The standard InChI is InChI=1S/C14H16ClFN4O/c1-17-12-6-13(20-14(19-12)8-21-2)18-7-9-3-4-11(16)10(15)5-9/h3-6H,7-8H2,1-2H3,(H2,17,18,19,20). The van der Waals surface area contributed by atoms with Crippen LogP contribution in [0.3, 0.4) is 0 Å². The van der Waals surface area contributed by atoms with Crippen LogP contribution in [0.25, 0.3) is 0 Å². The van der Waals surface area contributed by atoms with Crippen molar-refractivity contribution in [1.29, 1.82) is 0 Å². The highest BCUT2D eigenvalue weighted by Gasteiger charge is 2.05. The number of ether oxygens (including phenoxy) is 1. The third-order valence-electron chi connectivity index (χ3n) is 2.76. The second kappa shape index (κ2) is 7.19. The lowest BCUT2D eigenvalue weighted by Gasteiger charge is -2.10. The lowest BCUT2D eigenvalue weighted by atomic mass is 10.2. The minimum atomic E-state index is -0.428. The van der Waals surface area contributed by atoms with Gasteiger partial charge >= 0.3 is 0 Å². The minimum Gasteiger partial charge on any atom is -0.377 e. The van der Waals surface area contributed by atoms with E-state index in [1.807, 2.05) is 0 Å². The van der Waals surface area contributed by atoms with Crippen LogP contribution >= 0.6 is 11.6 Å². The molecule has 0 saturated heterocycles. The van der Waals surface area contributed by atoms with Gasteiger partial charge in [-0.25, -0.2) is 14.4 Å². The Morgan fingerprint density at radius 1 is 1.24 bits per heavy atom. The Hall–Kier alpha value is -1.92. The Morgan fingerprint density at radius 2 is 2.00 bits per heavy atom. The molecule has 0 unspecified atom stereocenters. The molecule has 0 radical (unpaired) electrons. The van der Waals surface area contributed by atoms with E-state index < -0.39 is 5.82 Å². The third-order valence-corrected chi connectivity index (χ3v) is 3.05. The molecule has 2 aromatic rings. The van der Waals surface area contributed by atoms with Crippen molar-refractivity contribution < 1.29 is 9.13 Å². The lowest BCUT2D eigenvalue weighted by molar-refractivity contribution is 0.178. The quantitative estimate of drug-likeness (QED) is 0.858. The molecular formula is C14H16ClFN4O. The van der Waals surface area contributed by atoms with Crippen LogP contribution < -0.4 is 10.6 Å². The molecule has 0 aliphatic carbocycles. The summed E-state index contributed by atoms with van der Waals surface area (Å²) in [6.45, 7) is 0.805. The Balaban J connectivity index is 2.11. The van der Waals surface area contributed by atoms with Crippen molar-refractivity contribution >= 4 is 23.2 Å². The molecule has 5 nitrogen and oxygen atoms in total. The second-order valence-corrected chi connectivity index (χ2v) is 4.75. The fourth-order valence-corrected chi connectivity index (χ4v) is 1.95. The SMILES string of the molecule is CNc1cc(NCc2ccc(F)c(Cl)c2)nc(COC)n1. The normalized spacial score (nSPS) is 10.5. The zero-order valence-electron chi connectivity index (χ0n) is 11.8. The molecule has 0 spiro atoms. The van der Waals surface area contributed by atoms with Crippen LogP contribution in [0.15, 0.2) is 24.3 Å². The fraction of sp³-hybridized carbons (Fsp3) is 0.286. The summed E-state index contributed by atoms with van der Waals surface area (Å²) in [5.41, 5.74) is 0.860. The molecule has 2 rings (SSSR count). The van der Waals surface area contributed by atoms with Crippen LogP contribution in [0.1, 0.15) is 11.4 Å². The number of hydrogen-bond acceptors (Lipinski definition) is 5. The maximum atomic E-state index is 13.1.